The molecule has 1 saturated heterocycles. The second-order valence-corrected chi connectivity index (χ2v) is 12.0. The number of oxazole rings is 1. The van der Waals surface area contributed by atoms with Crippen molar-refractivity contribution in [3.63, 3.8) is 0 Å². The van der Waals surface area contributed by atoms with Crippen LogP contribution in [-0.2, 0) is 19.2 Å². The van der Waals surface area contributed by atoms with Gasteiger partial charge in [-0.2, -0.15) is 0 Å². The average Bonchev–Trinajstić information content (AvgIpc) is 3.59. The number of carbonyl (C=O) groups is 4. The van der Waals surface area contributed by atoms with E-state index < -0.39 is 41.1 Å². The number of halogens is 1. The summed E-state index contributed by atoms with van der Waals surface area (Å²) in [4.78, 5) is 60.5. The van der Waals surface area contributed by atoms with E-state index in [9.17, 15) is 28.7 Å². The summed E-state index contributed by atoms with van der Waals surface area (Å²) in [6.45, 7) is 1.56. The molecule has 1 N–H and O–H groups in total. The highest BCUT2D eigenvalue weighted by Crippen LogP contribution is 2.56. The quantitative estimate of drug-likeness (QED) is 0.175. The number of anilines is 1. The van der Waals surface area contributed by atoms with Crippen molar-refractivity contribution in [1.29, 1.82) is 0 Å². The fraction of sp³-hybridized carbons (Fsp3) is 0.194. The number of phenols is 1. The minimum Gasteiger partial charge on any atom is -0.505 e. The minimum atomic E-state index is -0.927. The second-order valence-electron chi connectivity index (χ2n) is 12.0. The van der Waals surface area contributed by atoms with Crippen molar-refractivity contribution in [3.05, 3.63) is 113 Å². The summed E-state index contributed by atoms with van der Waals surface area (Å²) in [5, 5.41) is 10.8. The summed E-state index contributed by atoms with van der Waals surface area (Å²) >= 11 is 0. The number of aromatic hydroxyl groups is 1. The van der Waals surface area contributed by atoms with Gasteiger partial charge in [0.1, 0.15) is 5.52 Å². The first kappa shape index (κ1) is 27.1. The Bertz CT molecular complexity index is 2070. The first-order chi connectivity index (χ1) is 21.7. The van der Waals surface area contributed by atoms with Crippen molar-refractivity contribution in [2.45, 2.75) is 25.7 Å². The van der Waals surface area contributed by atoms with E-state index in [0.717, 1.165) is 6.07 Å². The van der Waals surface area contributed by atoms with Gasteiger partial charge >= 0.3 is 0 Å². The molecule has 3 aliphatic carbocycles. The molecular weight excluding hydrogens is 575 g/mol. The van der Waals surface area contributed by atoms with Crippen LogP contribution in [0.4, 0.5) is 10.1 Å². The summed E-state index contributed by atoms with van der Waals surface area (Å²) < 4.78 is 20.5. The molecule has 2 amide bonds. The molecule has 1 fully saturated rings. The number of fused-ring (bicyclic) bond motifs is 4. The molecule has 0 spiro atoms. The Kier molecular flexibility index (Phi) is 5.90. The van der Waals surface area contributed by atoms with Gasteiger partial charge in [0, 0.05) is 33.8 Å². The maximum atomic E-state index is 14.6. The summed E-state index contributed by atoms with van der Waals surface area (Å²) in [5.41, 5.74) is 3.95. The Morgan fingerprint density at radius 2 is 1.71 bits per heavy atom. The third-order valence-corrected chi connectivity index (χ3v) is 9.56. The molecule has 222 valence electrons. The number of imide groups is 1. The van der Waals surface area contributed by atoms with E-state index in [1.165, 1.54) is 23.1 Å². The monoisotopic (exact) mass is 600 g/mol. The predicted octanol–water partition coefficient (Wildman–Crippen LogP) is 5.97. The van der Waals surface area contributed by atoms with Gasteiger partial charge in [-0.1, -0.05) is 35.9 Å². The Morgan fingerprint density at radius 1 is 0.933 bits per heavy atom. The van der Waals surface area contributed by atoms with Crippen molar-refractivity contribution < 1.29 is 33.1 Å². The number of Topliss-reactive ketones (excluding diaryl/α,β-unsaturated/α-hetero) is 1. The first-order valence-electron chi connectivity index (χ1n) is 14.7. The number of hydrogen-bond donors (Lipinski definition) is 1. The molecule has 8 nitrogen and oxygen atoms in total. The first-order valence-corrected chi connectivity index (χ1v) is 14.7. The van der Waals surface area contributed by atoms with E-state index in [0.29, 0.717) is 33.8 Å². The van der Waals surface area contributed by atoms with Gasteiger partial charge in [-0.15, -0.1) is 0 Å². The third-order valence-electron chi connectivity index (χ3n) is 9.56. The molecule has 9 heteroatoms. The van der Waals surface area contributed by atoms with Crippen molar-refractivity contribution in [1.82, 2.24) is 4.98 Å². The third kappa shape index (κ3) is 3.93. The number of amides is 2. The van der Waals surface area contributed by atoms with Gasteiger partial charge in [0.2, 0.25) is 17.7 Å². The lowest BCUT2D eigenvalue weighted by atomic mass is 9.59. The second kappa shape index (κ2) is 9.79. The van der Waals surface area contributed by atoms with Gasteiger partial charge in [0.05, 0.1) is 17.5 Å². The Labute approximate surface area is 256 Å². The van der Waals surface area contributed by atoms with Crippen LogP contribution in [-0.4, -0.2) is 33.5 Å². The number of allylic oxidation sites excluding steroid dienone is 6. The van der Waals surface area contributed by atoms with Gasteiger partial charge in [-0.05, 0) is 74.2 Å². The Hall–Kier alpha value is -5.44. The van der Waals surface area contributed by atoms with E-state index in [4.69, 9.17) is 4.42 Å². The average molecular weight is 601 g/mol. The van der Waals surface area contributed by atoms with E-state index in [-0.39, 0.29) is 52.6 Å². The molecule has 3 aromatic carbocycles. The van der Waals surface area contributed by atoms with Gasteiger partial charge in [-0.3, -0.25) is 24.1 Å². The van der Waals surface area contributed by atoms with Crippen LogP contribution in [0.25, 0.3) is 22.6 Å². The normalized spacial score (nSPS) is 24.4. The van der Waals surface area contributed by atoms with Crippen LogP contribution in [0, 0.1) is 23.6 Å². The van der Waals surface area contributed by atoms with E-state index >= 15 is 0 Å². The van der Waals surface area contributed by atoms with Gasteiger partial charge in [0.25, 0.3) is 0 Å². The maximum Gasteiger partial charge on any atom is 0.238 e. The van der Waals surface area contributed by atoms with Crippen LogP contribution < -0.4 is 4.90 Å². The van der Waals surface area contributed by atoms with Gasteiger partial charge < -0.3 is 9.52 Å². The van der Waals surface area contributed by atoms with Gasteiger partial charge in [-0.25, -0.2) is 9.37 Å². The zero-order valence-corrected chi connectivity index (χ0v) is 24.0. The molecule has 1 aliphatic heterocycles. The van der Waals surface area contributed by atoms with E-state index in [1.54, 1.807) is 31.2 Å². The molecule has 4 aromatic rings. The minimum absolute atomic E-state index is 0.0915. The molecule has 0 radical (unpaired) electrons. The SMILES string of the molecule is CC1=CC(=O)C2=C(CC3C(=CCC4C(=O)N(c5ccc(-c6nc7ccccc7o6)cc5)C(=O)C43)C2c2cccc(F)c2O)C1=O. The number of nitrogens with zero attached hydrogens (tertiary/aromatic N) is 2. The number of hydrogen-bond acceptors (Lipinski definition) is 7. The summed E-state index contributed by atoms with van der Waals surface area (Å²) in [7, 11) is 0. The summed E-state index contributed by atoms with van der Waals surface area (Å²) in [6, 6.07) is 18.3. The van der Waals surface area contributed by atoms with Crippen molar-refractivity contribution in [2.75, 3.05) is 4.90 Å². The van der Waals surface area contributed by atoms with Crippen molar-refractivity contribution in [2.24, 2.45) is 17.8 Å². The Morgan fingerprint density at radius 3 is 2.49 bits per heavy atom. The maximum absolute atomic E-state index is 14.6. The zero-order chi connectivity index (χ0) is 31.1. The zero-order valence-electron chi connectivity index (χ0n) is 24.0. The highest BCUT2D eigenvalue weighted by Gasteiger charge is 2.56. The number of phenolic OH excluding ortho intramolecular Hbond substituents is 1. The highest BCUT2D eigenvalue weighted by atomic mass is 19.1. The van der Waals surface area contributed by atoms with Crippen LogP contribution >= 0.6 is 0 Å². The number of benzene rings is 3. The molecule has 4 atom stereocenters. The number of aromatic nitrogens is 1. The topological polar surface area (TPSA) is 118 Å². The largest absolute Gasteiger partial charge is 0.505 e. The van der Waals surface area contributed by atoms with Crippen LogP contribution in [0.3, 0.4) is 0 Å². The highest BCUT2D eigenvalue weighted by molar-refractivity contribution is 6.25. The smallest absolute Gasteiger partial charge is 0.238 e. The number of ketones is 2. The predicted molar refractivity (Wildman–Crippen MR) is 161 cm³/mol. The molecule has 4 aliphatic rings. The molecule has 4 unspecified atom stereocenters. The lowest BCUT2D eigenvalue weighted by Crippen LogP contribution is -2.39. The lowest BCUT2D eigenvalue weighted by molar-refractivity contribution is -0.123. The molecular formula is C36H25FN2O6. The van der Waals surface area contributed by atoms with Crippen LogP contribution in [0.15, 0.2) is 106 Å². The number of para-hydroxylation sites is 3. The van der Waals surface area contributed by atoms with Crippen molar-refractivity contribution in [3.8, 4) is 17.2 Å². The van der Waals surface area contributed by atoms with Crippen LogP contribution in [0.2, 0.25) is 0 Å². The van der Waals surface area contributed by atoms with E-state index in [1.807, 2.05) is 30.3 Å². The molecule has 1 aromatic heterocycles. The fourth-order valence-corrected chi connectivity index (χ4v) is 7.51. The van der Waals surface area contributed by atoms with Crippen LogP contribution in [0.5, 0.6) is 5.75 Å². The van der Waals surface area contributed by atoms with Crippen molar-refractivity contribution >= 4 is 40.2 Å². The molecule has 2 heterocycles. The lowest BCUT2D eigenvalue weighted by Gasteiger charge is -2.42. The Balaban J connectivity index is 1.17. The molecule has 8 rings (SSSR count). The number of rotatable bonds is 3. The summed E-state index contributed by atoms with van der Waals surface area (Å²) in [6.07, 6.45) is 3.42. The number of carbonyl (C=O) groups excluding carboxylic acids is 4. The standard InChI is InChI=1S/C36H25FN2O6/c1-17-15-27(40)31-24(32(17)41)16-23-20(29(31)21-5-4-6-25(37)33(21)42)13-14-22-30(23)36(44)39(35(22)43)19-11-9-18(10-12-19)34-38-26-7-2-3-8-28(26)45-34/h2-13,15,22-23,29-30,42H,14,16H2,1H3. The molecule has 0 bridgehead atoms. The van der Waals surface area contributed by atoms with Gasteiger partial charge in [0.15, 0.2) is 28.7 Å². The summed E-state index contributed by atoms with van der Waals surface area (Å²) in [5.74, 6) is -5.49. The van der Waals surface area contributed by atoms with E-state index in [2.05, 4.69) is 4.98 Å². The molecule has 45 heavy (non-hydrogen) atoms. The van der Waals surface area contributed by atoms with Crippen LogP contribution in [0.1, 0.15) is 31.2 Å². The molecule has 0 saturated carbocycles. The fourth-order valence-electron chi connectivity index (χ4n) is 7.51.